The minimum Gasteiger partial charge on any atom is -0.487 e. The van der Waals surface area contributed by atoms with E-state index in [-0.39, 0.29) is 6.04 Å². The highest BCUT2D eigenvalue weighted by Gasteiger charge is 2.04. The highest BCUT2D eigenvalue weighted by atomic mass is 32.1. The summed E-state index contributed by atoms with van der Waals surface area (Å²) in [5, 5.41) is 3.09. The summed E-state index contributed by atoms with van der Waals surface area (Å²) < 4.78 is 5.68. The smallest absolute Gasteiger partial charge is 0.131 e. The molecule has 0 spiro atoms. The lowest BCUT2D eigenvalue weighted by atomic mass is 10.1. The van der Waals surface area contributed by atoms with Crippen LogP contribution < -0.4 is 10.5 Å². The molecular formula is C14H18N2OS. The van der Waals surface area contributed by atoms with E-state index in [0.717, 1.165) is 28.4 Å². The first kappa shape index (κ1) is 13.1. The number of thiazole rings is 1. The second kappa shape index (κ2) is 5.98. The number of ether oxygens (including phenoxy) is 1. The molecule has 1 atom stereocenters. The van der Waals surface area contributed by atoms with Crippen molar-refractivity contribution in [1.29, 1.82) is 0 Å². The third-order valence-corrected chi connectivity index (χ3v) is 3.62. The molecule has 1 unspecified atom stereocenters. The van der Waals surface area contributed by atoms with Crippen LogP contribution in [0.3, 0.4) is 0 Å². The van der Waals surface area contributed by atoms with Crippen LogP contribution in [0.2, 0.25) is 0 Å². The average Bonchev–Trinajstić information content (AvgIpc) is 2.82. The van der Waals surface area contributed by atoms with Gasteiger partial charge in [-0.15, -0.1) is 11.3 Å². The number of aromatic nitrogens is 1. The van der Waals surface area contributed by atoms with Crippen molar-refractivity contribution in [1.82, 2.24) is 4.98 Å². The third-order valence-electron chi connectivity index (χ3n) is 2.80. The fourth-order valence-corrected chi connectivity index (χ4v) is 2.28. The van der Waals surface area contributed by atoms with E-state index in [1.165, 1.54) is 0 Å². The fourth-order valence-electron chi connectivity index (χ4n) is 1.68. The van der Waals surface area contributed by atoms with E-state index in [0.29, 0.717) is 6.61 Å². The van der Waals surface area contributed by atoms with Gasteiger partial charge in [0.25, 0.3) is 0 Å². The molecule has 2 aromatic rings. The standard InChI is InChI=1S/C14H18N2OS/c1-3-14(15)11-4-6-13(7-5-11)17-8-12-9-18-10(2)16-12/h4-7,9,14H,3,8,15H2,1-2H3. The Morgan fingerprint density at radius 1 is 1.33 bits per heavy atom. The molecule has 0 saturated carbocycles. The molecular weight excluding hydrogens is 244 g/mol. The van der Waals surface area contributed by atoms with Crippen molar-refractivity contribution in [2.24, 2.45) is 5.73 Å². The molecule has 0 aliphatic heterocycles. The molecule has 2 rings (SSSR count). The van der Waals surface area contributed by atoms with Crippen LogP contribution in [0.5, 0.6) is 5.75 Å². The van der Waals surface area contributed by atoms with Crippen LogP contribution in [0, 0.1) is 6.92 Å². The molecule has 18 heavy (non-hydrogen) atoms. The molecule has 0 fully saturated rings. The van der Waals surface area contributed by atoms with Gasteiger partial charge in [-0.05, 0) is 31.0 Å². The maximum absolute atomic E-state index is 5.96. The Labute approximate surface area is 112 Å². The van der Waals surface area contributed by atoms with E-state index >= 15 is 0 Å². The highest BCUT2D eigenvalue weighted by Crippen LogP contribution is 2.19. The van der Waals surface area contributed by atoms with E-state index in [1.807, 2.05) is 36.6 Å². The van der Waals surface area contributed by atoms with Crippen LogP contribution >= 0.6 is 11.3 Å². The van der Waals surface area contributed by atoms with Crippen LogP contribution in [0.1, 0.15) is 35.7 Å². The van der Waals surface area contributed by atoms with Crippen molar-refractivity contribution in [3.05, 3.63) is 45.9 Å². The first-order valence-corrected chi connectivity index (χ1v) is 6.96. The largest absolute Gasteiger partial charge is 0.487 e. The Bertz CT molecular complexity index is 493. The van der Waals surface area contributed by atoms with Crippen molar-refractivity contribution in [3.63, 3.8) is 0 Å². The van der Waals surface area contributed by atoms with Crippen molar-refractivity contribution in [2.45, 2.75) is 32.9 Å². The second-order valence-electron chi connectivity index (χ2n) is 4.23. The van der Waals surface area contributed by atoms with Gasteiger partial charge in [-0.2, -0.15) is 0 Å². The maximum atomic E-state index is 5.96. The molecule has 2 N–H and O–H groups in total. The van der Waals surface area contributed by atoms with Crippen LogP contribution in [0.25, 0.3) is 0 Å². The van der Waals surface area contributed by atoms with Gasteiger partial charge in [0.1, 0.15) is 12.4 Å². The van der Waals surface area contributed by atoms with Gasteiger partial charge in [0.05, 0.1) is 10.7 Å². The third kappa shape index (κ3) is 3.31. The number of nitrogens with two attached hydrogens (primary N) is 1. The van der Waals surface area contributed by atoms with Gasteiger partial charge < -0.3 is 10.5 Å². The van der Waals surface area contributed by atoms with Gasteiger partial charge in [-0.1, -0.05) is 19.1 Å². The predicted molar refractivity (Wildman–Crippen MR) is 74.8 cm³/mol. The molecule has 1 heterocycles. The van der Waals surface area contributed by atoms with Gasteiger partial charge in [0, 0.05) is 11.4 Å². The Morgan fingerprint density at radius 3 is 2.61 bits per heavy atom. The minimum absolute atomic E-state index is 0.111. The summed E-state index contributed by atoms with van der Waals surface area (Å²) in [5.41, 5.74) is 8.09. The molecule has 0 saturated heterocycles. The normalized spacial score (nSPS) is 12.4. The summed E-state index contributed by atoms with van der Waals surface area (Å²) in [4.78, 5) is 4.36. The number of hydrogen-bond donors (Lipinski definition) is 1. The van der Waals surface area contributed by atoms with Crippen molar-refractivity contribution < 1.29 is 4.74 Å². The van der Waals surface area contributed by atoms with Gasteiger partial charge in [-0.3, -0.25) is 0 Å². The molecule has 3 nitrogen and oxygen atoms in total. The number of rotatable bonds is 5. The summed E-state index contributed by atoms with van der Waals surface area (Å²) in [6.45, 7) is 4.60. The van der Waals surface area contributed by atoms with Gasteiger partial charge in [0.15, 0.2) is 0 Å². The summed E-state index contributed by atoms with van der Waals surface area (Å²) >= 11 is 1.64. The second-order valence-corrected chi connectivity index (χ2v) is 5.29. The lowest BCUT2D eigenvalue weighted by Crippen LogP contribution is -2.08. The predicted octanol–water partition coefficient (Wildman–Crippen LogP) is 3.44. The van der Waals surface area contributed by atoms with Gasteiger partial charge in [0.2, 0.25) is 0 Å². The number of aryl methyl sites for hydroxylation is 1. The monoisotopic (exact) mass is 262 g/mol. The van der Waals surface area contributed by atoms with Crippen LogP contribution in [0.4, 0.5) is 0 Å². The van der Waals surface area contributed by atoms with Gasteiger partial charge in [-0.25, -0.2) is 4.98 Å². The molecule has 1 aromatic carbocycles. The topological polar surface area (TPSA) is 48.1 Å². The molecule has 96 valence electrons. The molecule has 0 aliphatic carbocycles. The van der Waals surface area contributed by atoms with Crippen LogP contribution in [-0.4, -0.2) is 4.98 Å². The molecule has 0 bridgehead atoms. The van der Waals surface area contributed by atoms with E-state index < -0.39 is 0 Å². The van der Waals surface area contributed by atoms with Crippen LogP contribution in [-0.2, 0) is 6.61 Å². The summed E-state index contributed by atoms with van der Waals surface area (Å²) in [5.74, 6) is 0.854. The lowest BCUT2D eigenvalue weighted by molar-refractivity contribution is 0.302. The van der Waals surface area contributed by atoms with E-state index in [4.69, 9.17) is 10.5 Å². The molecule has 0 amide bonds. The summed E-state index contributed by atoms with van der Waals surface area (Å²) in [6, 6.07) is 8.08. The zero-order chi connectivity index (χ0) is 13.0. The SMILES string of the molecule is CCC(N)c1ccc(OCc2csc(C)n2)cc1. The quantitative estimate of drug-likeness (QED) is 0.898. The van der Waals surface area contributed by atoms with Crippen molar-refractivity contribution in [3.8, 4) is 5.75 Å². The van der Waals surface area contributed by atoms with E-state index in [9.17, 15) is 0 Å². The Morgan fingerprint density at radius 2 is 2.06 bits per heavy atom. The zero-order valence-electron chi connectivity index (χ0n) is 10.7. The van der Waals surface area contributed by atoms with Crippen LogP contribution in [0.15, 0.2) is 29.6 Å². The van der Waals surface area contributed by atoms with Crippen molar-refractivity contribution >= 4 is 11.3 Å². The Balaban J connectivity index is 1.94. The maximum Gasteiger partial charge on any atom is 0.131 e. The first-order valence-electron chi connectivity index (χ1n) is 6.08. The number of benzene rings is 1. The summed E-state index contributed by atoms with van der Waals surface area (Å²) in [6.07, 6.45) is 0.943. The zero-order valence-corrected chi connectivity index (χ0v) is 11.5. The van der Waals surface area contributed by atoms with Crippen molar-refractivity contribution in [2.75, 3.05) is 0 Å². The van der Waals surface area contributed by atoms with Gasteiger partial charge >= 0.3 is 0 Å². The Hall–Kier alpha value is -1.39. The number of nitrogens with zero attached hydrogens (tertiary/aromatic N) is 1. The molecule has 1 aromatic heterocycles. The highest BCUT2D eigenvalue weighted by molar-refractivity contribution is 7.09. The molecule has 0 radical (unpaired) electrons. The average molecular weight is 262 g/mol. The number of hydrogen-bond acceptors (Lipinski definition) is 4. The Kier molecular flexibility index (Phi) is 4.33. The summed E-state index contributed by atoms with van der Waals surface area (Å²) in [7, 11) is 0. The molecule has 4 heteroatoms. The first-order chi connectivity index (χ1) is 8.69. The van der Waals surface area contributed by atoms with E-state index in [1.54, 1.807) is 11.3 Å². The fraction of sp³-hybridized carbons (Fsp3) is 0.357. The lowest BCUT2D eigenvalue weighted by Gasteiger charge is -2.10. The minimum atomic E-state index is 0.111. The molecule has 0 aliphatic rings. The van der Waals surface area contributed by atoms with E-state index in [2.05, 4.69) is 11.9 Å².